The number of esters is 2. The molecule has 2 aliphatic rings. The third-order valence-corrected chi connectivity index (χ3v) is 5.86. The monoisotopic (exact) mass is 525 g/mol. The lowest BCUT2D eigenvalue weighted by atomic mass is 9.82. The van der Waals surface area contributed by atoms with Gasteiger partial charge in [0.1, 0.15) is 23.9 Å². The topological polar surface area (TPSA) is 162 Å². The van der Waals surface area contributed by atoms with Crippen LogP contribution in [0.3, 0.4) is 0 Å². The third kappa shape index (κ3) is 6.55. The number of ether oxygens (including phenoxy) is 3. The van der Waals surface area contributed by atoms with E-state index in [0.717, 1.165) is 0 Å². The van der Waals surface area contributed by atoms with Crippen molar-refractivity contribution in [3.63, 3.8) is 0 Å². The highest BCUT2D eigenvalue weighted by molar-refractivity contribution is 7.81. The number of hydrogen-bond acceptors (Lipinski definition) is 11. The first kappa shape index (κ1) is 27.5. The number of thiol groups is 1. The average Bonchev–Trinajstić information content (AvgIpc) is 3.25. The lowest BCUT2D eigenvalue weighted by Crippen LogP contribution is -2.78. The Hall–Kier alpha value is -3.13. The van der Waals surface area contributed by atoms with Crippen LogP contribution in [0.2, 0.25) is 0 Å². The Morgan fingerprint density at radius 2 is 1.97 bits per heavy atom. The molecular weight excluding hydrogens is 494 g/mol. The molecule has 2 N–H and O–H groups in total. The number of aryl methyl sites for hydroxylation is 1. The van der Waals surface area contributed by atoms with Gasteiger partial charge < -0.3 is 29.5 Å². The number of aliphatic hydroxyl groups is 1. The summed E-state index contributed by atoms with van der Waals surface area (Å²) in [7, 11) is 0. The van der Waals surface area contributed by atoms with Gasteiger partial charge in [0, 0.05) is 25.1 Å². The number of hydrogen-bond donors (Lipinski definition) is 3. The van der Waals surface area contributed by atoms with Gasteiger partial charge >= 0.3 is 18.0 Å². The van der Waals surface area contributed by atoms with Crippen LogP contribution < -0.4 is 5.32 Å². The van der Waals surface area contributed by atoms with Crippen molar-refractivity contribution in [2.75, 3.05) is 13.2 Å². The molecule has 0 aromatic carbocycles. The van der Waals surface area contributed by atoms with Crippen LogP contribution in [-0.4, -0.2) is 91.1 Å². The number of aliphatic hydroxyl groups excluding tert-OH is 1. The van der Waals surface area contributed by atoms with Gasteiger partial charge in [-0.15, -0.1) is 5.10 Å². The van der Waals surface area contributed by atoms with Crippen molar-refractivity contribution in [2.24, 2.45) is 0 Å². The predicted molar refractivity (Wildman–Crippen MR) is 127 cm³/mol. The number of rotatable bonds is 9. The third-order valence-electron chi connectivity index (χ3n) is 5.41. The van der Waals surface area contributed by atoms with Crippen LogP contribution in [-0.2, 0) is 41.7 Å². The number of carbonyl (C=O) groups is 4. The minimum Gasteiger partial charge on any atom is -0.464 e. The van der Waals surface area contributed by atoms with Gasteiger partial charge in [0.15, 0.2) is 6.04 Å². The molecule has 198 valence electrons. The summed E-state index contributed by atoms with van der Waals surface area (Å²) in [6, 6.07) is -2.69. The maximum absolute atomic E-state index is 13.1. The number of nitrogens with one attached hydrogen (secondary N) is 1. The van der Waals surface area contributed by atoms with Crippen LogP contribution in [0.25, 0.3) is 0 Å². The molecule has 1 saturated heterocycles. The predicted octanol–water partition coefficient (Wildman–Crippen LogP) is -0.0221. The minimum absolute atomic E-state index is 0.0289. The van der Waals surface area contributed by atoms with Crippen molar-refractivity contribution in [2.45, 2.75) is 76.2 Å². The second kappa shape index (κ2) is 11.3. The molecule has 0 saturated carbocycles. The number of carbonyl (C=O) groups excluding carboxylic acids is 4. The maximum Gasteiger partial charge on any atom is 0.408 e. The van der Waals surface area contributed by atoms with E-state index in [2.05, 4.69) is 28.3 Å². The first-order valence-corrected chi connectivity index (χ1v) is 11.9. The Balaban J connectivity index is 1.68. The Bertz CT molecular complexity index is 1040. The molecule has 36 heavy (non-hydrogen) atoms. The molecular formula is C22H31N5O8S. The summed E-state index contributed by atoms with van der Waals surface area (Å²) in [6.07, 6.45) is 2.87. The maximum atomic E-state index is 13.1. The zero-order valence-electron chi connectivity index (χ0n) is 20.5. The molecule has 0 bridgehead atoms. The van der Waals surface area contributed by atoms with E-state index in [4.69, 9.17) is 19.3 Å². The van der Waals surface area contributed by atoms with E-state index < -0.39 is 52.9 Å². The lowest BCUT2D eigenvalue weighted by Gasteiger charge is -2.54. The Labute approximate surface area is 213 Å². The van der Waals surface area contributed by atoms with Crippen molar-refractivity contribution >= 4 is 36.6 Å². The second-order valence-corrected chi connectivity index (χ2v) is 10.0. The molecule has 4 atom stereocenters. The van der Waals surface area contributed by atoms with Crippen molar-refractivity contribution in [3.8, 4) is 0 Å². The van der Waals surface area contributed by atoms with Crippen LogP contribution in [0, 0.1) is 0 Å². The molecule has 3 rings (SSSR count). The van der Waals surface area contributed by atoms with E-state index in [0.29, 0.717) is 24.2 Å². The average molecular weight is 526 g/mol. The lowest BCUT2D eigenvalue weighted by molar-refractivity contribution is -0.167. The highest BCUT2D eigenvalue weighted by Crippen LogP contribution is 2.37. The number of nitrogens with zero attached hydrogens (tertiary/aromatic N) is 4. The zero-order chi connectivity index (χ0) is 26.6. The fourth-order valence-corrected chi connectivity index (χ4v) is 4.45. The van der Waals surface area contributed by atoms with Gasteiger partial charge in [0.05, 0.1) is 25.5 Å². The molecule has 2 aliphatic heterocycles. The number of fused-ring (bicyclic) bond motifs is 1. The summed E-state index contributed by atoms with van der Waals surface area (Å²) >= 11 is 4.54. The molecule has 0 aliphatic carbocycles. The van der Waals surface area contributed by atoms with E-state index in [1.807, 2.05) is 0 Å². The highest BCUT2D eigenvalue weighted by Gasteiger charge is 2.58. The fraction of sp³-hybridized carbons (Fsp3) is 0.636. The van der Waals surface area contributed by atoms with E-state index in [1.54, 1.807) is 33.0 Å². The first-order chi connectivity index (χ1) is 16.9. The van der Waals surface area contributed by atoms with Crippen LogP contribution >= 0.6 is 12.6 Å². The second-order valence-electron chi connectivity index (χ2n) is 9.43. The number of amides is 2. The smallest absolute Gasteiger partial charge is 0.408 e. The summed E-state index contributed by atoms with van der Waals surface area (Å²) in [5.74, 6) is -1.74. The van der Waals surface area contributed by atoms with Gasteiger partial charge in [-0.1, -0.05) is 11.3 Å². The van der Waals surface area contributed by atoms with Crippen molar-refractivity contribution in [1.82, 2.24) is 25.2 Å². The Morgan fingerprint density at radius 1 is 1.25 bits per heavy atom. The van der Waals surface area contributed by atoms with Crippen LogP contribution in [0.15, 0.2) is 17.8 Å². The fourth-order valence-electron chi connectivity index (χ4n) is 3.94. The zero-order valence-corrected chi connectivity index (χ0v) is 21.4. The molecule has 0 radical (unpaired) electrons. The first-order valence-electron chi connectivity index (χ1n) is 11.4. The van der Waals surface area contributed by atoms with Gasteiger partial charge in [0.2, 0.25) is 5.91 Å². The molecule has 3 heterocycles. The molecule has 0 spiro atoms. The molecule has 2 unspecified atom stereocenters. The van der Waals surface area contributed by atoms with Crippen molar-refractivity contribution < 1.29 is 38.5 Å². The van der Waals surface area contributed by atoms with E-state index in [-0.39, 0.29) is 19.8 Å². The van der Waals surface area contributed by atoms with Crippen LogP contribution in [0.1, 0.15) is 39.8 Å². The quantitative estimate of drug-likeness (QED) is 0.0997. The normalized spacial score (nSPS) is 23.2. The molecule has 13 nitrogen and oxygen atoms in total. The summed E-state index contributed by atoms with van der Waals surface area (Å²) in [6.45, 7) is 6.33. The number of β-lactam (4-membered cyclic amide) rings is 1. The molecule has 1 aromatic heterocycles. The Morgan fingerprint density at radius 3 is 2.58 bits per heavy atom. The van der Waals surface area contributed by atoms with Crippen LogP contribution in [0.4, 0.5) is 4.79 Å². The number of aromatic nitrogens is 3. The van der Waals surface area contributed by atoms with E-state index >= 15 is 0 Å². The summed E-state index contributed by atoms with van der Waals surface area (Å²) in [4.78, 5) is 51.0. The molecule has 1 aromatic rings. The standard InChI is InChI=1S/C22H31N5O8S/c1-12(29)34-11-13-8-15(36)18-16(23-21(32)35-22(2,3)4)19(30)27(18)17(13)20(31)33-7-5-6-26-9-14(10-28)24-25-26/h8-9,15-18,28,36H,5-7,10-11H2,1-4H3,(H,23,32)/t15?,16-,17?,18+/m1/s1. The molecule has 14 heteroatoms. The van der Waals surface area contributed by atoms with Crippen molar-refractivity contribution in [1.29, 1.82) is 0 Å². The van der Waals surface area contributed by atoms with Crippen molar-refractivity contribution in [3.05, 3.63) is 23.5 Å². The van der Waals surface area contributed by atoms with Gasteiger partial charge in [-0.25, -0.2) is 9.59 Å². The number of alkyl carbamates (subject to hydrolysis) is 1. The SMILES string of the molecule is CC(=O)OCC1=CC(S)[C@H]2[C@@H](NC(=O)OC(C)(C)C)C(=O)N2C1C(=O)OCCCn1cc(CO)nn1. The van der Waals surface area contributed by atoms with Gasteiger partial charge in [-0.2, -0.15) is 12.6 Å². The summed E-state index contributed by atoms with van der Waals surface area (Å²) in [5, 5.41) is 18.7. The highest BCUT2D eigenvalue weighted by atomic mass is 32.1. The largest absolute Gasteiger partial charge is 0.464 e. The van der Waals surface area contributed by atoms with Crippen LogP contribution in [0.5, 0.6) is 0 Å². The van der Waals surface area contributed by atoms with Gasteiger partial charge in [-0.3, -0.25) is 14.3 Å². The van der Waals surface area contributed by atoms with Gasteiger partial charge in [-0.05, 0) is 26.3 Å². The minimum atomic E-state index is -1.13. The summed E-state index contributed by atoms with van der Waals surface area (Å²) in [5.41, 5.74) is 0.0331. The van der Waals surface area contributed by atoms with E-state index in [9.17, 15) is 19.2 Å². The molecule has 1 fully saturated rings. The Kier molecular flexibility index (Phi) is 8.61. The van der Waals surface area contributed by atoms with E-state index in [1.165, 1.54) is 16.5 Å². The molecule has 2 amide bonds. The summed E-state index contributed by atoms with van der Waals surface area (Å²) < 4.78 is 17.3. The van der Waals surface area contributed by atoms with Gasteiger partial charge in [0.25, 0.3) is 0 Å².